The zero-order valence-corrected chi connectivity index (χ0v) is 12.8. The van der Waals surface area contributed by atoms with Crippen LogP contribution < -0.4 is 10.1 Å². The molecule has 0 aromatic heterocycles. The van der Waals surface area contributed by atoms with Gasteiger partial charge in [0.1, 0.15) is 23.0 Å². The van der Waals surface area contributed by atoms with Crippen molar-refractivity contribution >= 4 is 27.7 Å². The molecule has 1 rings (SSSR count). The van der Waals surface area contributed by atoms with Crippen molar-refractivity contribution in [2.45, 2.75) is 26.4 Å². The summed E-state index contributed by atoms with van der Waals surface area (Å²) in [5, 5.41) is 11.6. The second-order valence-electron chi connectivity index (χ2n) is 4.77. The summed E-state index contributed by atoms with van der Waals surface area (Å²) in [5.41, 5.74) is 0.284. The van der Waals surface area contributed by atoms with Crippen LogP contribution in [0.25, 0.3) is 0 Å². The van der Waals surface area contributed by atoms with Gasteiger partial charge in [-0.15, -0.1) is 0 Å². The number of ether oxygens (including phenoxy) is 2. The van der Waals surface area contributed by atoms with Crippen molar-refractivity contribution in [3.63, 3.8) is 0 Å². The molecule has 0 atom stereocenters. The number of amides is 1. The van der Waals surface area contributed by atoms with Crippen molar-refractivity contribution in [3.8, 4) is 11.8 Å². The molecule has 0 unspecified atom stereocenters. The predicted octanol–water partition coefficient (Wildman–Crippen LogP) is 3.68. The fourth-order valence-electron chi connectivity index (χ4n) is 1.34. The topological polar surface area (TPSA) is 71.3 Å². The number of nitrogens with zero attached hydrogens (tertiary/aromatic N) is 1. The van der Waals surface area contributed by atoms with E-state index in [1.165, 1.54) is 7.11 Å². The lowest BCUT2D eigenvalue weighted by atomic mass is 10.2. The van der Waals surface area contributed by atoms with Crippen molar-refractivity contribution in [3.05, 3.63) is 22.2 Å². The minimum Gasteiger partial charge on any atom is -0.495 e. The standard InChI is InChI=1S/C13H15BrN2O3/c1-13(2,3)19-12(17)16-8-5-10(14)9(7-15)11(6-8)18-4/h5-6H,1-4H3,(H,16,17). The van der Waals surface area contributed by atoms with Crippen LogP contribution in [0.3, 0.4) is 0 Å². The first kappa shape index (κ1) is 15.3. The van der Waals surface area contributed by atoms with Crippen LogP contribution in [0.4, 0.5) is 10.5 Å². The van der Waals surface area contributed by atoms with Crippen molar-refractivity contribution in [2.75, 3.05) is 12.4 Å². The maximum Gasteiger partial charge on any atom is 0.412 e. The van der Waals surface area contributed by atoms with Gasteiger partial charge in [-0.3, -0.25) is 5.32 Å². The zero-order chi connectivity index (χ0) is 14.6. The van der Waals surface area contributed by atoms with E-state index in [4.69, 9.17) is 14.7 Å². The van der Waals surface area contributed by atoms with Crippen molar-refractivity contribution < 1.29 is 14.3 Å². The van der Waals surface area contributed by atoms with Crippen LogP contribution in [-0.4, -0.2) is 18.8 Å². The maximum absolute atomic E-state index is 11.6. The number of hydrogen-bond acceptors (Lipinski definition) is 4. The maximum atomic E-state index is 11.6. The van der Waals surface area contributed by atoms with E-state index in [1.807, 2.05) is 6.07 Å². The number of carbonyl (C=O) groups is 1. The Morgan fingerprint density at radius 3 is 2.53 bits per heavy atom. The van der Waals surface area contributed by atoms with Crippen molar-refractivity contribution in [1.82, 2.24) is 0 Å². The van der Waals surface area contributed by atoms with Crippen LogP contribution in [0, 0.1) is 11.3 Å². The molecule has 102 valence electrons. The highest BCUT2D eigenvalue weighted by molar-refractivity contribution is 9.10. The molecule has 1 N–H and O–H groups in total. The molecule has 19 heavy (non-hydrogen) atoms. The van der Waals surface area contributed by atoms with Crippen molar-refractivity contribution in [1.29, 1.82) is 5.26 Å². The number of halogens is 1. The van der Waals surface area contributed by atoms with E-state index in [-0.39, 0.29) is 0 Å². The number of carbonyl (C=O) groups excluding carboxylic acids is 1. The van der Waals surface area contributed by atoms with Crippen LogP contribution in [0.2, 0.25) is 0 Å². The molecular weight excluding hydrogens is 312 g/mol. The lowest BCUT2D eigenvalue weighted by Gasteiger charge is -2.20. The van der Waals surface area contributed by atoms with Gasteiger partial charge in [-0.2, -0.15) is 5.26 Å². The number of benzene rings is 1. The fourth-order valence-corrected chi connectivity index (χ4v) is 1.88. The van der Waals surface area contributed by atoms with Crippen LogP contribution >= 0.6 is 15.9 Å². The number of methoxy groups -OCH3 is 1. The highest BCUT2D eigenvalue weighted by Crippen LogP contribution is 2.30. The third-order valence-electron chi connectivity index (χ3n) is 2.03. The molecule has 1 aromatic carbocycles. The Labute approximate surface area is 120 Å². The quantitative estimate of drug-likeness (QED) is 0.899. The number of nitrogens with one attached hydrogen (secondary N) is 1. The molecule has 1 amide bonds. The Morgan fingerprint density at radius 1 is 1.42 bits per heavy atom. The molecule has 5 nitrogen and oxygen atoms in total. The highest BCUT2D eigenvalue weighted by atomic mass is 79.9. The largest absolute Gasteiger partial charge is 0.495 e. The molecule has 0 aliphatic heterocycles. The van der Waals surface area contributed by atoms with E-state index in [1.54, 1.807) is 32.9 Å². The van der Waals surface area contributed by atoms with Gasteiger partial charge in [0.15, 0.2) is 0 Å². The molecule has 0 heterocycles. The molecule has 1 aromatic rings. The van der Waals surface area contributed by atoms with Gasteiger partial charge in [0.25, 0.3) is 0 Å². The third-order valence-corrected chi connectivity index (χ3v) is 2.66. The number of rotatable bonds is 2. The molecule has 0 saturated carbocycles. The van der Waals surface area contributed by atoms with Crippen LogP contribution in [-0.2, 0) is 4.74 Å². The van der Waals surface area contributed by atoms with E-state index in [0.29, 0.717) is 21.5 Å². The average Bonchev–Trinajstić information content (AvgIpc) is 2.25. The second kappa shape index (κ2) is 5.93. The summed E-state index contributed by atoms with van der Waals surface area (Å²) in [5.74, 6) is 0.378. The first-order chi connectivity index (χ1) is 8.76. The monoisotopic (exact) mass is 326 g/mol. The Hall–Kier alpha value is -1.74. The molecule has 0 spiro atoms. The van der Waals surface area contributed by atoms with E-state index < -0.39 is 11.7 Å². The molecule has 0 bridgehead atoms. The summed E-state index contributed by atoms with van der Waals surface area (Å²) in [6.45, 7) is 5.34. The smallest absolute Gasteiger partial charge is 0.412 e. The fraction of sp³-hybridized carbons (Fsp3) is 0.385. The zero-order valence-electron chi connectivity index (χ0n) is 11.2. The van der Waals surface area contributed by atoms with Gasteiger partial charge in [-0.1, -0.05) is 0 Å². The van der Waals surface area contributed by atoms with E-state index in [9.17, 15) is 4.79 Å². The van der Waals surface area contributed by atoms with E-state index in [2.05, 4.69) is 21.2 Å². The Kier molecular flexibility index (Phi) is 4.78. The third kappa shape index (κ3) is 4.45. The van der Waals surface area contributed by atoms with Gasteiger partial charge < -0.3 is 9.47 Å². The molecule has 6 heteroatoms. The highest BCUT2D eigenvalue weighted by Gasteiger charge is 2.17. The minimum absolute atomic E-state index is 0.372. The summed E-state index contributed by atoms with van der Waals surface area (Å²) in [4.78, 5) is 11.6. The first-order valence-corrected chi connectivity index (χ1v) is 6.34. The first-order valence-electron chi connectivity index (χ1n) is 5.54. The summed E-state index contributed by atoms with van der Waals surface area (Å²) in [7, 11) is 1.46. The van der Waals surface area contributed by atoms with E-state index in [0.717, 1.165) is 0 Å². The summed E-state index contributed by atoms with van der Waals surface area (Å²) < 4.78 is 10.8. The molecule has 0 radical (unpaired) electrons. The van der Waals surface area contributed by atoms with Gasteiger partial charge in [0, 0.05) is 16.2 Å². The van der Waals surface area contributed by atoms with Gasteiger partial charge in [-0.25, -0.2) is 4.79 Å². The molecule has 0 aliphatic carbocycles. The molecule has 0 aliphatic rings. The van der Waals surface area contributed by atoms with Gasteiger partial charge >= 0.3 is 6.09 Å². The van der Waals surface area contributed by atoms with Gasteiger partial charge in [-0.05, 0) is 42.8 Å². The summed E-state index contributed by atoms with van der Waals surface area (Å²) in [6, 6.07) is 5.20. The number of anilines is 1. The van der Waals surface area contributed by atoms with Crippen molar-refractivity contribution in [2.24, 2.45) is 0 Å². The average molecular weight is 327 g/mol. The van der Waals surface area contributed by atoms with Crippen LogP contribution in [0.15, 0.2) is 16.6 Å². The number of hydrogen-bond donors (Lipinski definition) is 1. The van der Waals surface area contributed by atoms with Crippen LogP contribution in [0.1, 0.15) is 26.3 Å². The summed E-state index contributed by atoms with van der Waals surface area (Å²) in [6.07, 6.45) is -0.564. The minimum atomic E-state index is -0.571. The molecule has 0 fully saturated rings. The number of nitriles is 1. The van der Waals surface area contributed by atoms with Gasteiger partial charge in [0.05, 0.1) is 7.11 Å². The SMILES string of the molecule is COc1cc(NC(=O)OC(C)(C)C)cc(Br)c1C#N. The molecular formula is C13H15BrN2O3. The normalized spacial score (nSPS) is 10.5. The lowest BCUT2D eigenvalue weighted by Crippen LogP contribution is -2.27. The van der Waals surface area contributed by atoms with Crippen LogP contribution in [0.5, 0.6) is 5.75 Å². The lowest BCUT2D eigenvalue weighted by molar-refractivity contribution is 0.0636. The summed E-state index contributed by atoms with van der Waals surface area (Å²) >= 11 is 3.26. The molecule has 0 saturated heterocycles. The second-order valence-corrected chi connectivity index (χ2v) is 5.63. The Morgan fingerprint density at radius 2 is 2.05 bits per heavy atom. The Balaban J connectivity index is 2.95. The van der Waals surface area contributed by atoms with Gasteiger partial charge in [0.2, 0.25) is 0 Å². The Bertz CT molecular complexity index is 530. The predicted molar refractivity (Wildman–Crippen MR) is 75.3 cm³/mol. The van der Waals surface area contributed by atoms with E-state index >= 15 is 0 Å².